The zero-order chi connectivity index (χ0) is 24.0. The monoisotopic (exact) mass is 457 g/mol. The Bertz CT molecular complexity index is 1060. The van der Waals surface area contributed by atoms with Crippen LogP contribution in [0.5, 0.6) is 5.75 Å². The van der Waals surface area contributed by atoms with E-state index < -0.39 is 11.2 Å². The number of nitrogen functional groups attached to an aromatic ring is 1. The number of carbonyl (C=O) groups is 1. The SMILES string of the molecule is CCCCN(C(=O)CN1CCCC1c1ccc(OC)cc1)c1c(N)n(CCC)c(=O)[nH]c1=O. The minimum Gasteiger partial charge on any atom is -0.497 e. The molecule has 2 heterocycles. The first kappa shape index (κ1) is 24.6. The maximum atomic E-state index is 13.5. The molecule has 0 radical (unpaired) electrons. The van der Waals surface area contributed by atoms with E-state index in [1.807, 2.05) is 38.1 Å². The molecular weight excluding hydrogens is 422 g/mol. The third kappa shape index (κ3) is 5.47. The van der Waals surface area contributed by atoms with Crippen molar-refractivity contribution < 1.29 is 9.53 Å². The maximum Gasteiger partial charge on any atom is 0.330 e. The summed E-state index contributed by atoms with van der Waals surface area (Å²) >= 11 is 0. The van der Waals surface area contributed by atoms with Crippen molar-refractivity contribution in [2.45, 2.75) is 58.5 Å². The molecule has 3 N–H and O–H groups in total. The average molecular weight is 458 g/mol. The Labute approximate surface area is 194 Å². The number of aromatic amines is 1. The van der Waals surface area contributed by atoms with Gasteiger partial charge in [0.2, 0.25) is 5.91 Å². The van der Waals surface area contributed by atoms with Crippen LogP contribution >= 0.6 is 0 Å². The third-order valence-corrected chi connectivity index (χ3v) is 6.17. The number of nitrogens with two attached hydrogens (primary N) is 1. The molecule has 33 heavy (non-hydrogen) atoms. The first-order valence-corrected chi connectivity index (χ1v) is 11.7. The summed E-state index contributed by atoms with van der Waals surface area (Å²) in [5.74, 6) is 0.646. The predicted octanol–water partition coefficient (Wildman–Crippen LogP) is 2.51. The van der Waals surface area contributed by atoms with Crippen LogP contribution in [0.2, 0.25) is 0 Å². The topological polar surface area (TPSA) is 114 Å². The van der Waals surface area contributed by atoms with Crippen LogP contribution < -0.4 is 26.6 Å². The van der Waals surface area contributed by atoms with Gasteiger partial charge in [-0.05, 0) is 49.9 Å². The summed E-state index contributed by atoms with van der Waals surface area (Å²) in [5, 5.41) is 0. The van der Waals surface area contributed by atoms with Gasteiger partial charge in [-0.3, -0.25) is 24.0 Å². The number of anilines is 2. The number of nitrogens with one attached hydrogen (secondary N) is 1. The fourth-order valence-electron chi connectivity index (χ4n) is 4.44. The summed E-state index contributed by atoms with van der Waals surface area (Å²) in [5.41, 5.74) is 6.29. The normalized spacial score (nSPS) is 16.2. The first-order valence-electron chi connectivity index (χ1n) is 11.7. The molecule has 0 aliphatic carbocycles. The molecule has 0 saturated carbocycles. The van der Waals surface area contributed by atoms with Crippen LogP contribution in [0, 0.1) is 0 Å². The lowest BCUT2D eigenvalue weighted by atomic mass is 10.0. The van der Waals surface area contributed by atoms with Gasteiger partial charge in [0.25, 0.3) is 5.56 Å². The Morgan fingerprint density at radius 3 is 2.58 bits per heavy atom. The number of hydrogen-bond acceptors (Lipinski definition) is 6. The minimum absolute atomic E-state index is 0.0446. The zero-order valence-corrected chi connectivity index (χ0v) is 19.8. The molecule has 1 aliphatic heterocycles. The average Bonchev–Trinajstić information content (AvgIpc) is 3.26. The van der Waals surface area contributed by atoms with E-state index >= 15 is 0 Å². The highest BCUT2D eigenvalue weighted by Gasteiger charge is 2.31. The van der Waals surface area contributed by atoms with Crippen LogP contribution in [-0.2, 0) is 11.3 Å². The van der Waals surface area contributed by atoms with Crippen molar-refractivity contribution >= 4 is 17.4 Å². The Kier molecular flexibility index (Phi) is 8.32. The van der Waals surface area contributed by atoms with Crippen molar-refractivity contribution in [1.29, 1.82) is 0 Å². The predicted molar refractivity (Wildman–Crippen MR) is 130 cm³/mol. The number of likely N-dealkylation sites (tertiary alicyclic amines) is 1. The van der Waals surface area contributed by atoms with E-state index in [-0.39, 0.29) is 30.0 Å². The molecule has 1 unspecified atom stereocenters. The Morgan fingerprint density at radius 2 is 1.94 bits per heavy atom. The lowest BCUT2D eigenvalue weighted by molar-refractivity contribution is -0.120. The van der Waals surface area contributed by atoms with E-state index in [0.29, 0.717) is 19.5 Å². The summed E-state index contributed by atoms with van der Waals surface area (Å²) in [6.07, 6.45) is 4.20. The van der Waals surface area contributed by atoms with Crippen molar-refractivity contribution in [3.8, 4) is 5.75 Å². The van der Waals surface area contributed by atoms with E-state index in [9.17, 15) is 14.4 Å². The number of carbonyl (C=O) groups excluding carboxylic acids is 1. The molecule has 3 rings (SSSR count). The Morgan fingerprint density at radius 1 is 1.21 bits per heavy atom. The Hall–Kier alpha value is -3.07. The first-order chi connectivity index (χ1) is 15.9. The van der Waals surface area contributed by atoms with Gasteiger partial charge in [0.05, 0.1) is 13.7 Å². The van der Waals surface area contributed by atoms with Crippen molar-refractivity contribution in [3.05, 3.63) is 50.7 Å². The number of hydrogen-bond donors (Lipinski definition) is 2. The number of unbranched alkanes of at least 4 members (excludes halogenated alkanes) is 1. The van der Waals surface area contributed by atoms with Crippen LogP contribution in [0.25, 0.3) is 0 Å². The fourth-order valence-corrected chi connectivity index (χ4v) is 4.44. The lowest BCUT2D eigenvalue weighted by Gasteiger charge is -2.29. The third-order valence-electron chi connectivity index (χ3n) is 6.17. The molecule has 1 aromatic heterocycles. The van der Waals surface area contributed by atoms with Gasteiger partial charge in [-0.15, -0.1) is 0 Å². The van der Waals surface area contributed by atoms with Crippen molar-refractivity contribution in [2.75, 3.05) is 37.4 Å². The van der Waals surface area contributed by atoms with Gasteiger partial charge in [0, 0.05) is 19.1 Å². The molecular formula is C24H35N5O4. The second kappa shape index (κ2) is 11.2. The van der Waals surface area contributed by atoms with Gasteiger partial charge in [-0.2, -0.15) is 0 Å². The van der Waals surface area contributed by atoms with Gasteiger partial charge in [0.1, 0.15) is 11.6 Å². The van der Waals surface area contributed by atoms with Crippen molar-refractivity contribution in [3.63, 3.8) is 0 Å². The molecule has 1 saturated heterocycles. The second-order valence-electron chi connectivity index (χ2n) is 8.45. The van der Waals surface area contributed by atoms with E-state index in [4.69, 9.17) is 10.5 Å². The van der Waals surface area contributed by atoms with Crippen LogP contribution in [0.3, 0.4) is 0 Å². The smallest absolute Gasteiger partial charge is 0.330 e. The Balaban J connectivity index is 1.89. The standard InChI is InChI=1S/C24H35N5O4/c1-4-6-15-28(21-22(25)29(13-5-2)24(32)26-23(21)31)20(30)16-27-14-7-8-19(27)17-9-11-18(33-3)12-10-17/h9-12,19H,4-8,13-16,25H2,1-3H3,(H,26,31,32). The number of aromatic nitrogens is 2. The molecule has 2 aromatic rings. The molecule has 0 bridgehead atoms. The number of benzene rings is 1. The van der Waals surface area contributed by atoms with Crippen LogP contribution in [0.1, 0.15) is 57.6 Å². The van der Waals surface area contributed by atoms with Crippen molar-refractivity contribution in [1.82, 2.24) is 14.5 Å². The summed E-state index contributed by atoms with van der Waals surface area (Å²) in [6, 6.07) is 8.05. The number of H-pyrrole nitrogens is 1. The van der Waals surface area contributed by atoms with E-state index in [1.54, 1.807) is 7.11 Å². The second-order valence-corrected chi connectivity index (χ2v) is 8.45. The fraction of sp³-hybridized carbons (Fsp3) is 0.542. The summed E-state index contributed by atoms with van der Waals surface area (Å²) in [6.45, 7) is 5.65. The molecule has 1 atom stereocenters. The summed E-state index contributed by atoms with van der Waals surface area (Å²) in [4.78, 5) is 44.4. The highest BCUT2D eigenvalue weighted by molar-refractivity contribution is 5.96. The highest BCUT2D eigenvalue weighted by Crippen LogP contribution is 2.33. The zero-order valence-electron chi connectivity index (χ0n) is 19.8. The highest BCUT2D eigenvalue weighted by atomic mass is 16.5. The summed E-state index contributed by atoms with van der Waals surface area (Å²) < 4.78 is 6.59. The van der Waals surface area contributed by atoms with Gasteiger partial charge in [0.15, 0.2) is 5.69 Å². The van der Waals surface area contributed by atoms with Crippen LogP contribution in [0.4, 0.5) is 11.5 Å². The lowest BCUT2D eigenvalue weighted by Crippen LogP contribution is -2.45. The number of nitrogens with zero attached hydrogens (tertiary/aromatic N) is 3. The van der Waals surface area contributed by atoms with Crippen LogP contribution in [-0.4, -0.2) is 47.1 Å². The molecule has 9 nitrogen and oxygen atoms in total. The number of methoxy groups -OCH3 is 1. The van der Waals surface area contributed by atoms with Gasteiger partial charge >= 0.3 is 5.69 Å². The molecule has 1 fully saturated rings. The number of rotatable bonds is 10. The van der Waals surface area contributed by atoms with E-state index in [1.165, 1.54) is 9.47 Å². The molecule has 1 aromatic carbocycles. The van der Waals surface area contributed by atoms with Gasteiger partial charge < -0.3 is 15.4 Å². The number of amides is 1. The largest absolute Gasteiger partial charge is 0.497 e. The molecule has 1 aliphatic rings. The van der Waals surface area contributed by atoms with Gasteiger partial charge in [-0.1, -0.05) is 32.4 Å². The summed E-state index contributed by atoms with van der Waals surface area (Å²) in [7, 11) is 1.64. The quantitative estimate of drug-likeness (QED) is 0.567. The number of ether oxygens (including phenoxy) is 1. The minimum atomic E-state index is -0.623. The van der Waals surface area contributed by atoms with Gasteiger partial charge in [-0.25, -0.2) is 4.79 Å². The molecule has 180 valence electrons. The molecule has 0 spiro atoms. The molecule has 9 heteroatoms. The molecule has 1 amide bonds. The maximum absolute atomic E-state index is 13.5. The van der Waals surface area contributed by atoms with Crippen molar-refractivity contribution in [2.24, 2.45) is 0 Å². The van der Waals surface area contributed by atoms with E-state index in [2.05, 4.69) is 9.88 Å². The van der Waals surface area contributed by atoms with E-state index in [0.717, 1.165) is 43.5 Å². The van der Waals surface area contributed by atoms with Crippen LogP contribution in [0.15, 0.2) is 33.9 Å².